The largest absolute Gasteiger partial charge is 0.492 e. The summed E-state index contributed by atoms with van der Waals surface area (Å²) in [6, 6.07) is 11.6. The van der Waals surface area contributed by atoms with E-state index in [4.69, 9.17) is 9.47 Å². The fourth-order valence-electron chi connectivity index (χ4n) is 4.68. The fraction of sp³-hybridized carbons (Fsp3) is 0.458. The number of hydrogen-bond acceptors (Lipinski definition) is 7. The van der Waals surface area contributed by atoms with Crippen LogP contribution in [0.25, 0.3) is 0 Å². The Kier molecular flexibility index (Phi) is 5.80. The second-order valence-electron chi connectivity index (χ2n) is 8.54. The molecular weight excluding hydrogens is 406 g/mol. The van der Waals surface area contributed by atoms with Gasteiger partial charge in [0.15, 0.2) is 0 Å². The van der Waals surface area contributed by atoms with Crippen molar-refractivity contribution in [2.24, 2.45) is 5.10 Å². The summed E-state index contributed by atoms with van der Waals surface area (Å²) in [5, 5.41) is 6.01. The molecule has 2 atom stereocenters. The number of aryl methyl sites for hydroxylation is 1. The number of morpholine rings is 1. The molecule has 5 rings (SSSR count). The molecule has 1 aromatic carbocycles. The van der Waals surface area contributed by atoms with Gasteiger partial charge in [0.1, 0.15) is 18.4 Å². The van der Waals surface area contributed by atoms with Crippen molar-refractivity contribution in [3.63, 3.8) is 0 Å². The van der Waals surface area contributed by atoms with Gasteiger partial charge in [0, 0.05) is 50.3 Å². The minimum atomic E-state index is -0.295. The van der Waals surface area contributed by atoms with Gasteiger partial charge in [-0.3, -0.25) is 14.7 Å². The van der Waals surface area contributed by atoms with Gasteiger partial charge >= 0.3 is 0 Å². The van der Waals surface area contributed by atoms with E-state index >= 15 is 0 Å². The fourth-order valence-corrected chi connectivity index (χ4v) is 4.68. The Balaban J connectivity index is 1.26. The first-order chi connectivity index (χ1) is 15.6. The van der Waals surface area contributed by atoms with E-state index in [1.807, 2.05) is 50.5 Å². The predicted molar refractivity (Wildman–Crippen MR) is 122 cm³/mol. The highest BCUT2D eigenvalue weighted by Gasteiger charge is 2.45. The number of benzene rings is 1. The Labute approximate surface area is 188 Å². The zero-order valence-corrected chi connectivity index (χ0v) is 18.6. The van der Waals surface area contributed by atoms with Crippen LogP contribution in [0.4, 0.5) is 5.69 Å². The SMILES string of the molecule is Cc1cccc(CN2N=CC3c4ccc(OCCN5CCOCC5)cc4N(C)C3C2=O)n1. The minimum Gasteiger partial charge on any atom is -0.492 e. The molecule has 8 heteroatoms. The van der Waals surface area contributed by atoms with Crippen LogP contribution in [0.1, 0.15) is 22.9 Å². The second-order valence-corrected chi connectivity index (χ2v) is 8.54. The number of ether oxygens (including phenoxy) is 2. The van der Waals surface area contributed by atoms with E-state index in [0.717, 1.165) is 61.2 Å². The molecule has 0 saturated carbocycles. The van der Waals surface area contributed by atoms with Crippen molar-refractivity contribution in [2.75, 3.05) is 51.4 Å². The first-order valence-electron chi connectivity index (χ1n) is 11.2. The summed E-state index contributed by atoms with van der Waals surface area (Å²) in [7, 11) is 1.97. The maximum atomic E-state index is 13.3. The van der Waals surface area contributed by atoms with Crippen molar-refractivity contribution in [1.82, 2.24) is 14.9 Å². The number of carbonyl (C=O) groups is 1. The number of amides is 1. The van der Waals surface area contributed by atoms with E-state index in [9.17, 15) is 4.79 Å². The van der Waals surface area contributed by atoms with Crippen molar-refractivity contribution in [1.29, 1.82) is 0 Å². The van der Waals surface area contributed by atoms with E-state index < -0.39 is 0 Å². The summed E-state index contributed by atoms with van der Waals surface area (Å²) in [4.78, 5) is 22.2. The second kappa shape index (κ2) is 8.88. The van der Waals surface area contributed by atoms with Crippen LogP contribution >= 0.6 is 0 Å². The van der Waals surface area contributed by atoms with Crippen LogP contribution in [-0.4, -0.2) is 79.6 Å². The number of fused-ring (bicyclic) bond motifs is 3. The number of rotatable bonds is 6. The first-order valence-corrected chi connectivity index (χ1v) is 11.2. The molecule has 1 amide bonds. The van der Waals surface area contributed by atoms with Gasteiger partial charge in [-0.25, -0.2) is 5.01 Å². The highest BCUT2D eigenvalue weighted by Crippen LogP contribution is 2.43. The molecule has 2 unspecified atom stereocenters. The van der Waals surface area contributed by atoms with Crippen molar-refractivity contribution in [3.05, 3.63) is 53.3 Å². The van der Waals surface area contributed by atoms with Crippen LogP contribution in [0.2, 0.25) is 0 Å². The van der Waals surface area contributed by atoms with E-state index in [1.165, 1.54) is 5.01 Å². The zero-order valence-electron chi connectivity index (χ0n) is 18.6. The van der Waals surface area contributed by atoms with Gasteiger partial charge in [0.05, 0.1) is 31.4 Å². The molecular formula is C24H29N5O3. The molecule has 168 valence electrons. The predicted octanol–water partition coefficient (Wildman–Crippen LogP) is 2.03. The molecule has 4 heterocycles. The number of hydrazone groups is 1. The average Bonchev–Trinajstić information content (AvgIpc) is 3.08. The highest BCUT2D eigenvalue weighted by atomic mass is 16.5. The van der Waals surface area contributed by atoms with E-state index in [0.29, 0.717) is 13.2 Å². The maximum Gasteiger partial charge on any atom is 0.266 e. The van der Waals surface area contributed by atoms with Gasteiger partial charge in [-0.2, -0.15) is 5.10 Å². The average molecular weight is 436 g/mol. The number of hydrogen-bond donors (Lipinski definition) is 0. The monoisotopic (exact) mass is 435 g/mol. The van der Waals surface area contributed by atoms with Crippen molar-refractivity contribution >= 4 is 17.8 Å². The summed E-state index contributed by atoms with van der Waals surface area (Å²) < 4.78 is 11.4. The van der Waals surface area contributed by atoms with E-state index in [1.54, 1.807) is 0 Å². The van der Waals surface area contributed by atoms with E-state index in [-0.39, 0.29) is 17.9 Å². The molecule has 32 heavy (non-hydrogen) atoms. The van der Waals surface area contributed by atoms with Gasteiger partial charge in [-0.1, -0.05) is 12.1 Å². The Bertz CT molecular complexity index is 1020. The standard InChI is InChI=1S/C24H29N5O3/c1-17-4-3-5-18(26-17)16-29-24(30)23-21(15-25-29)20-7-6-19(14-22(20)27(23)2)32-13-10-28-8-11-31-12-9-28/h3-7,14-15,21,23H,8-13,16H2,1-2H3. The number of likely N-dealkylation sites (N-methyl/N-ethyl adjacent to an activating group) is 1. The lowest BCUT2D eigenvalue weighted by Gasteiger charge is -2.31. The molecule has 1 aromatic heterocycles. The third-order valence-corrected chi connectivity index (χ3v) is 6.41. The molecule has 0 N–H and O–H groups in total. The van der Waals surface area contributed by atoms with Crippen molar-refractivity contribution in [2.45, 2.75) is 25.4 Å². The molecule has 0 spiro atoms. The lowest BCUT2D eigenvalue weighted by molar-refractivity contribution is -0.134. The summed E-state index contributed by atoms with van der Waals surface area (Å²) >= 11 is 0. The number of pyridine rings is 1. The summed E-state index contributed by atoms with van der Waals surface area (Å²) in [5.74, 6) is 0.772. The molecule has 3 aliphatic rings. The van der Waals surface area contributed by atoms with Crippen LogP contribution in [0, 0.1) is 6.92 Å². The van der Waals surface area contributed by atoms with Crippen LogP contribution in [-0.2, 0) is 16.1 Å². The maximum absolute atomic E-state index is 13.3. The van der Waals surface area contributed by atoms with Gasteiger partial charge < -0.3 is 14.4 Å². The van der Waals surface area contributed by atoms with Crippen molar-refractivity contribution in [3.8, 4) is 5.75 Å². The van der Waals surface area contributed by atoms with Crippen LogP contribution in [0.5, 0.6) is 5.75 Å². The molecule has 0 bridgehead atoms. The molecule has 0 aliphatic carbocycles. The Morgan fingerprint density at radius 3 is 2.84 bits per heavy atom. The number of anilines is 1. The van der Waals surface area contributed by atoms with Crippen LogP contribution < -0.4 is 9.64 Å². The van der Waals surface area contributed by atoms with Crippen LogP contribution in [0.3, 0.4) is 0 Å². The molecule has 1 fully saturated rings. The molecule has 0 radical (unpaired) electrons. The lowest BCUT2D eigenvalue weighted by Crippen LogP contribution is -2.48. The van der Waals surface area contributed by atoms with Crippen LogP contribution in [0.15, 0.2) is 41.5 Å². The summed E-state index contributed by atoms with van der Waals surface area (Å²) in [5.41, 5.74) is 3.91. The zero-order chi connectivity index (χ0) is 22.1. The van der Waals surface area contributed by atoms with Gasteiger partial charge in [0.25, 0.3) is 5.91 Å². The molecule has 1 saturated heterocycles. The topological polar surface area (TPSA) is 70.5 Å². The third kappa shape index (κ3) is 4.08. The molecule has 2 aromatic rings. The Morgan fingerprint density at radius 1 is 1.19 bits per heavy atom. The molecule has 3 aliphatic heterocycles. The highest BCUT2D eigenvalue weighted by molar-refractivity contribution is 5.98. The van der Waals surface area contributed by atoms with Gasteiger partial charge in [-0.15, -0.1) is 0 Å². The third-order valence-electron chi connectivity index (χ3n) is 6.41. The van der Waals surface area contributed by atoms with Crippen molar-refractivity contribution < 1.29 is 14.3 Å². The minimum absolute atomic E-state index is 0.00529. The normalized spacial score (nSPS) is 22.8. The number of aromatic nitrogens is 1. The first kappa shape index (κ1) is 20.9. The smallest absolute Gasteiger partial charge is 0.266 e. The quantitative estimate of drug-likeness (QED) is 0.692. The summed E-state index contributed by atoms with van der Waals surface area (Å²) in [6.07, 6.45) is 1.89. The number of carbonyl (C=O) groups excluding carboxylic acids is 1. The Hall–Kier alpha value is -2.97. The van der Waals surface area contributed by atoms with Gasteiger partial charge in [-0.05, 0) is 30.7 Å². The Morgan fingerprint density at radius 2 is 2.03 bits per heavy atom. The number of nitrogens with zero attached hydrogens (tertiary/aromatic N) is 5. The van der Waals surface area contributed by atoms with Gasteiger partial charge in [0.2, 0.25) is 0 Å². The summed E-state index contributed by atoms with van der Waals surface area (Å²) in [6.45, 7) is 7.33. The molecule has 8 nitrogen and oxygen atoms in total. The van der Waals surface area contributed by atoms with E-state index in [2.05, 4.69) is 26.0 Å². The lowest BCUT2D eigenvalue weighted by atomic mass is 9.94.